The van der Waals surface area contributed by atoms with E-state index in [0.717, 1.165) is 6.07 Å². The molecule has 0 spiro atoms. The zero-order valence-corrected chi connectivity index (χ0v) is 8.78. The summed E-state index contributed by atoms with van der Waals surface area (Å²) in [6, 6.07) is 2.11. The molecule has 84 valence electrons. The van der Waals surface area contributed by atoms with Crippen LogP contribution in [0, 0.1) is 12.3 Å². The Morgan fingerprint density at radius 1 is 1.69 bits per heavy atom. The third-order valence-electron chi connectivity index (χ3n) is 1.89. The zero-order valence-electron chi connectivity index (χ0n) is 8.78. The Balaban J connectivity index is 2.81. The molecule has 1 atom stereocenters. The highest BCUT2D eigenvalue weighted by Crippen LogP contribution is 2.04. The van der Waals surface area contributed by atoms with Gasteiger partial charge < -0.3 is 10.4 Å². The third-order valence-corrected chi connectivity index (χ3v) is 1.89. The van der Waals surface area contributed by atoms with Crippen molar-refractivity contribution in [3.63, 3.8) is 0 Å². The van der Waals surface area contributed by atoms with Gasteiger partial charge in [0.05, 0.1) is 5.56 Å². The number of carbonyl (C=O) groups is 1. The van der Waals surface area contributed by atoms with Crippen molar-refractivity contribution < 1.29 is 9.90 Å². The third kappa shape index (κ3) is 3.17. The number of terminal acetylenes is 1. The molecular weight excluding hydrogens is 208 g/mol. The lowest BCUT2D eigenvalue weighted by molar-refractivity contribution is 0.0940. The number of rotatable bonds is 3. The normalized spacial score (nSPS) is 11.5. The molecule has 1 rings (SSSR count). The topological polar surface area (TPSA) is 82.2 Å². The SMILES string of the molecule is C#CCC(C)NC(=O)c1cc(O)[nH]c(=O)c1. The molecule has 5 heteroatoms. The lowest BCUT2D eigenvalue weighted by Crippen LogP contribution is -2.32. The zero-order chi connectivity index (χ0) is 12.1. The minimum absolute atomic E-state index is 0.102. The quantitative estimate of drug-likeness (QED) is 0.637. The number of amides is 1. The van der Waals surface area contributed by atoms with Crippen LogP contribution in [0.5, 0.6) is 5.88 Å². The molecule has 0 bridgehead atoms. The Hall–Kier alpha value is -2.22. The van der Waals surface area contributed by atoms with E-state index < -0.39 is 11.5 Å². The maximum absolute atomic E-state index is 11.6. The van der Waals surface area contributed by atoms with Crippen LogP contribution >= 0.6 is 0 Å². The van der Waals surface area contributed by atoms with E-state index in [0.29, 0.717) is 6.42 Å². The molecule has 5 nitrogen and oxygen atoms in total. The van der Waals surface area contributed by atoms with Gasteiger partial charge in [-0.2, -0.15) is 0 Å². The van der Waals surface area contributed by atoms with E-state index >= 15 is 0 Å². The van der Waals surface area contributed by atoms with Crippen LogP contribution in [0.15, 0.2) is 16.9 Å². The van der Waals surface area contributed by atoms with E-state index in [4.69, 9.17) is 11.5 Å². The number of hydrogen-bond acceptors (Lipinski definition) is 3. The minimum Gasteiger partial charge on any atom is -0.494 e. The summed E-state index contributed by atoms with van der Waals surface area (Å²) in [4.78, 5) is 24.7. The molecule has 1 unspecified atom stereocenters. The van der Waals surface area contributed by atoms with Gasteiger partial charge in [0.15, 0.2) is 5.88 Å². The van der Waals surface area contributed by atoms with Gasteiger partial charge in [0.25, 0.3) is 11.5 Å². The van der Waals surface area contributed by atoms with Crippen molar-refractivity contribution in [1.29, 1.82) is 0 Å². The second-order valence-corrected chi connectivity index (χ2v) is 3.40. The molecule has 0 aliphatic carbocycles. The monoisotopic (exact) mass is 220 g/mol. The average Bonchev–Trinajstić information content (AvgIpc) is 2.16. The van der Waals surface area contributed by atoms with E-state index in [1.165, 1.54) is 6.07 Å². The molecule has 0 fully saturated rings. The first-order valence-electron chi connectivity index (χ1n) is 4.70. The van der Waals surface area contributed by atoms with Crippen LogP contribution in [0.25, 0.3) is 0 Å². The predicted octanol–water partition coefficient (Wildman–Crippen LogP) is 0.222. The average molecular weight is 220 g/mol. The van der Waals surface area contributed by atoms with E-state index in [9.17, 15) is 9.59 Å². The summed E-state index contributed by atoms with van der Waals surface area (Å²) in [6.45, 7) is 1.75. The Bertz CT molecular complexity index is 485. The molecule has 0 radical (unpaired) electrons. The summed E-state index contributed by atoms with van der Waals surface area (Å²) < 4.78 is 0. The molecule has 16 heavy (non-hydrogen) atoms. The number of hydrogen-bond donors (Lipinski definition) is 3. The minimum atomic E-state index is -0.533. The Kier molecular flexibility index (Phi) is 3.72. The van der Waals surface area contributed by atoms with Gasteiger partial charge in [-0.3, -0.25) is 14.6 Å². The highest BCUT2D eigenvalue weighted by molar-refractivity contribution is 5.94. The second-order valence-electron chi connectivity index (χ2n) is 3.40. The summed E-state index contributed by atoms with van der Waals surface area (Å²) in [5.41, 5.74) is -0.431. The fourth-order valence-electron chi connectivity index (χ4n) is 1.19. The molecule has 1 amide bonds. The van der Waals surface area contributed by atoms with Crippen molar-refractivity contribution >= 4 is 5.91 Å². The number of pyridine rings is 1. The second kappa shape index (κ2) is 5.03. The molecule has 0 saturated heterocycles. The van der Waals surface area contributed by atoms with Gasteiger partial charge in [0.2, 0.25) is 0 Å². The molecule has 0 aliphatic rings. The van der Waals surface area contributed by atoms with E-state index in [-0.39, 0.29) is 17.5 Å². The Labute approximate surface area is 92.5 Å². The molecular formula is C11H12N2O3. The molecule has 0 aliphatic heterocycles. The van der Waals surface area contributed by atoms with Crippen molar-refractivity contribution in [2.24, 2.45) is 0 Å². The first-order valence-corrected chi connectivity index (χ1v) is 4.70. The summed E-state index contributed by atoms with van der Waals surface area (Å²) >= 11 is 0. The number of carbonyl (C=O) groups excluding carboxylic acids is 1. The van der Waals surface area contributed by atoms with Gasteiger partial charge in [-0.05, 0) is 6.92 Å². The maximum Gasteiger partial charge on any atom is 0.251 e. The van der Waals surface area contributed by atoms with E-state index in [2.05, 4.69) is 16.2 Å². The van der Waals surface area contributed by atoms with Crippen LogP contribution in [-0.4, -0.2) is 22.0 Å². The van der Waals surface area contributed by atoms with Crippen LogP contribution in [0.2, 0.25) is 0 Å². The Morgan fingerprint density at radius 2 is 2.38 bits per heavy atom. The largest absolute Gasteiger partial charge is 0.494 e. The Morgan fingerprint density at radius 3 is 2.94 bits per heavy atom. The lowest BCUT2D eigenvalue weighted by atomic mass is 10.2. The van der Waals surface area contributed by atoms with Crippen LogP contribution in [0.4, 0.5) is 0 Å². The first-order chi connectivity index (χ1) is 7.52. The highest BCUT2D eigenvalue weighted by atomic mass is 16.3. The van der Waals surface area contributed by atoms with Crippen LogP contribution < -0.4 is 10.9 Å². The van der Waals surface area contributed by atoms with Gasteiger partial charge in [-0.25, -0.2) is 0 Å². The van der Waals surface area contributed by atoms with Gasteiger partial charge in [0.1, 0.15) is 0 Å². The van der Waals surface area contributed by atoms with Gasteiger partial charge in [0, 0.05) is 24.6 Å². The number of nitrogens with one attached hydrogen (secondary N) is 2. The summed E-state index contributed by atoms with van der Waals surface area (Å²) in [5, 5.41) is 11.7. The van der Waals surface area contributed by atoms with Crippen LogP contribution in [0.1, 0.15) is 23.7 Å². The highest BCUT2D eigenvalue weighted by Gasteiger charge is 2.10. The van der Waals surface area contributed by atoms with Gasteiger partial charge in [-0.15, -0.1) is 12.3 Å². The smallest absolute Gasteiger partial charge is 0.251 e. The molecule has 0 saturated carbocycles. The molecule has 1 aromatic rings. The predicted molar refractivity (Wildman–Crippen MR) is 59.1 cm³/mol. The van der Waals surface area contributed by atoms with Gasteiger partial charge >= 0.3 is 0 Å². The summed E-state index contributed by atoms with van der Waals surface area (Å²) in [5.74, 6) is 1.63. The molecule has 0 aromatic carbocycles. The van der Waals surface area contributed by atoms with E-state index in [1.807, 2.05) is 0 Å². The molecule has 1 heterocycles. The van der Waals surface area contributed by atoms with Crippen molar-refractivity contribution in [3.8, 4) is 18.2 Å². The van der Waals surface area contributed by atoms with Gasteiger partial charge in [-0.1, -0.05) is 0 Å². The standard InChI is InChI=1S/C11H12N2O3/c1-3-4-7(2)12-11(16)8-5-9(14)13-10(15)6-8/h1,5-7H,4H2,2H3,(H,12,16)(H2,13,14,15). The van der Waals surface area contributed by atoms with Crippen molar-refractivity contribution in [2.45, 2.75) is 19.4 Å². The number of aromatic hydroxyl groups is 1. The maximum atomic E-state index is 11.6. The van der Waals surface area contributed by atoms with Crippen molar-refractivity contribution in [3.05, 3.63) is 28.0 Å². The molecule has 1 aromatic heterocycles. The van der Waals surface area contributed by atoms with E-state index in [1.54, 1.807) is 6.92 Å². The summed E-state index contributed by atoms with van der Waals surface area (Å²) in [7, 11) is 0. The van der Waals surface area contributed by atoms with Crippen LogP contribution in [0.3, 0.4) is 0 Å². The van der Waals surface area contributed by atoms with Crippen molar-refractivity contribution in [1.82, 2.24) is 10.3 Å². The first kappa shape index (κ1) is 11.9. The van der Waals surface area contributed by atoms with Crippen LogP contribution in [-0.2, 0) is 0 Å². The molecule has 3 N–H and O–H groups in total. The fraction of sp³-hybridized carbons (Fsp3) is 0.273. The lowest BCUT2D eigenvalue weighted by Gasteiger charge is -2.10. The number of H-pyrrole nitrogens is 1. The fourth-order valence-corrected chi connectivity index (χ4v) is 1.19. The van der Waals surface area contributed by atoms with Crippen molar-refractivity contribution in [2.75, 3.05) is 0 Å². The number of aromatic nitrogens is 1. The number of aromatic amines is 1. The summed E-state index contributed by atoms with van der Waals surface area (Å²) in [6.07, 6.45) is 5.50.